The lowest BCUT2D eigenvalue weighted by Gasteiger charge is -2.36. The lowest BCUT2D eigenvalue weighted by Crippen LogP contribution is -2.68. The highest BCUT2D eigenvalue weighted by atomic mass is 16.2. The Morgan fingerprint density at radius 1 is 0.792 bits per heavy atom. The molecule has 24 heavy (non-hydrogen) atoms. The molecule has 0 spiro atoms. The van der Waals surface area contributed by atoms with Crippen molar-refractivity contribution in [2.45, 2.75) is 18.4 Å². The molecular formula is C20H22N2O2. The van der Waals surface area contributed by atoms with E-state index >= 15 is 0 Å². The molecule has 0 aliphatic carbocycles. The predicted octanol–water partition coefficient (Wildman–Crippen LogP) is 1.54. The Hall–Kier alpha value is -2.30. The van der Waals surface area contributed by atoms with E-state index in [4.69, 9.17) is 0 Å². The molecule has 0 radical (unpaired) electrons. The lowest BCUT2D eigenvalue weighted by atomic mass is 9.82. The molecule has 3 rings (SSSR count). The molecule has 1 saturated heterocycles. The lowest BCUT2D eigenvalue weighted by molar-refractivity contribution is -0.136. The largest absolute Gasteiger partial charge is 0.313 e. The number of Topliss-reactive ketones (excluding diaryl/α,β-unsaturated/α-hetero) is 2. The van der Waals surface area contributed by atoms with E-state index in [2.05, 4.69) is 10.6 Å². The third-order valence-corrected chi connectivity index (χ3v) is 4.49. The van der Waals surface area contributed by atoms with Gasteiger partial charge < -0.3 is 5.32 Å². The fourth-order valence-electron chi connectivity index (χ4n) is 3.12. The Balaban J connectivity index is 1.81. The highest BCUT2D eigenvalue weighted by molar-refractivity contribution is 6.13. The average molecular weight is 322 g/mol. The van der Waals surface area contributed by atoms with Crippen LogP contribution in [0, 0.1) is 0 Å². The van der Waals surface area contributed by atoms with Crippen molar-refractivity contribution < 1.29 is 9.59 Å². The maximum Gasteiger partial charge on any atom is 0.166 e. The van der Waals surface area contributed by atoms with Crippen LogP contribution < -0.4 is 10.6 Å². The molecular weight excluding hydrogens is 300 g/mol. The molecule has 0 saturated carbocycles. The summed E-state index contributed by atoms with van der Waals surface area (Å²) in [6, 6.07) is 19.2. The smallest absolute Gasteiger partial charge is 0.166 e. The second-order valence-electron chi connectivity index (χ2n) is 6.18. The molecule has 2 N–H and O–H groups in total. The van der Waals surface area contributed by atoms with Crippen molar-refractivity contribution in [3.63, 3.8) is 0 Å². The molecule has 1 fully saturated rings. The van der Waals surface area contributed by atoms with E-state index in [1.807, 2.05) is 60.7 Å². The van der Waals surface area contributed by atoms with Gasteiger partial charge in [0.25, 0.3) is 0 Å². The summed E-state index contributed by atoms with van der Waals surface area (Å²) in [6.07, 6.45) is 0.520. The monoisotopic (exact) mass is 322 g/mol. The van der Waals surface area contributed by atoms with Crippen LogP contribution in [0.15, 0.2) is 60.7 Å². The molecule has 0 bridgehead atoms. The van der Waals surface area contributed by atoms with Crippen molar-refractivity contribution in [3.8, 4) is 0 Å². The van der Waals surface area contributed by atoms with Gasteiger partial charge in [0.05, 0.1) is 0 Å². The van der Waals surface area contributed by atoms with Gasteiger partial charge in [-0.1, -0.05) is 60.7 Å². The molecule has 2 aromatic rings. The molecule has 0 amide bonds. The summed E-state index contributed by atoms with van der Waals surface area (Å²) >= 11 is 0. The fraction of sp³-hybridized carbons (Fsp3) is 0.300. The highest BCUT2D eigenvalue weighted by Crippen LogP contribution is 2.17. The average Bonchev–Trinajstić information content (AvgIpc) is 2.64. The van der Waals surface area contributed by atoms with Crippen LogP contribution in [0.2, 0.25) is 0 Å². The van der Waals surface area contributed by atoms with Crippen LogP contribution in [0.3, 0.4) is 0 Å². The minimum absolute atomic E-state index is 0.0677. The topological polar surface area (TPSA) is 58.2 Å². The highest BCUT2D eigenvalue weighted by Gasteiger charge is 2.45. The predicted molar refractivity (Wildman–Crippen MR) is 93.9 cm³/mol. The molecule has 0 atom stereocenters. The van der Waals surface area contributed by atoms with Gasteiger partial charge in [0.2, 0.25) is 0 Å². The van der Waals surface area contributed by atoms with E-state index in [1.54, 1.807) is 0 Å². The third-order valence-electron chi connectivity index (χ3n) is 4.49. The van der Waals surface area contributed by atoms with Crippen molar-refractivity contribution in [2.24, 2.45) is 0 Å². The van der Waals surface area contributed by atoms with Crippen LogP contribution in [0.1, 0.15) is 11.1 Å². The van der Waals surface area contributed by atoms with Gasteiger partial charge >= 0.3 is 0 Å². The number of hydrogen-bond donors (Lipinski definition) is 2. The van der Waals surface area contributed by atoms with Crippen LogP contribution in [-0.2, 0) is 22.4 Å². The summed E-state index contributed by atoms with van der Waals surface area (Å²) in [7, 11) is 0. The van der Waals surface area contributed by atoms with Crippen LogP contribution in [0.25, 0.3) is 0 Å². The van der Waals surface area contributed by atoms with Gasteiger partial charge in [0, 0.05) is 32.5 Å². The second kappa shape index (κ2) is 7.51. The molecule has 1 heterocycles. The zero-order valence-electron chi connectivity index (χ0n) is 13.6. The van der Waals surface area contributed by atoms with Crippen LogP contribution >= 0.6 is 0 Å². The first-order valence-corrected chi connectivity index (χ1v) is 8.31. The van der Waals surface area contributed by atoms with E-state index in [-0.39, 0.29) is 24.4 Å². The molecule has 1 aliphatic heterocycles. The van der Waals surface area contributed by atoms with E-state index in [9.17, 15) is 9.59 Å². The maximum atomic E-state index is 13.0. The van der Waals surface area contributed by atoms with Gasteiger partial charge in [0.1, 0.15) is 5.54 Å². The fourth-order valence-corrected chi connectivity index (χ4v) is 3.12. The zero-order chi connectivity index (χ0) is 16.8. The van der Waals surface area contributed by atoms with Gasteiger partial charge in [-0.3, -0.25) is 14.9 Å². The number of rotatable bonds is 6. The minimum Gasteiger partial charge on any atom is -0.313 e. The van der Waals surface area contributed by atoms with Crippen LogP contribution in [0.4, 0.5) is 0 Å². The summed E-state index contributed by atoms with van der Waals surface area (Å²) in [5.74, 6) is -0.135. The SMILES string of the molecule is O=C(Cc1ccccc1)C1(C(=O)Cc2ccccc2)CNCCN1. The molecule has 124 valence electrons. The summed E-state index contributed by atoms with van der Waals surface area (Å²) in [4.78, 5) is 26.0. The maximum absolute atomic E-state index is 13.0. The molecule has 0 unspecified atom stereocenters. The van der Waals surface area contributed by atoms with E-state index in [0.29, 0.717) is 13.1 Å². The number of nitrogens with one attached hydrogen (secondary N) is 2. The number of carbonyl (C=O) groups is 2. The number of ketones is 2. The van der Waals surface area contributed by atoms with Gasteiger partial charge in [-0.15, -0.1) is 0 Å². The van der Waals surface area contributed by atoms with Gasteiger partial charge in [-0.25, -0.2) is 0 Å². The van der Waals surface area contributed by atoms with E-state index in [1.165, 1.54) is 0 Å². The van der Waals surface area contributed by atoms with Gasteiger partial charge in [0.15, 0.2) is 11.6 Å². The number of carbonyl (C=O) groups excluding carboxylic acids is 2. The Morgan fingerprint density at radius 2 is 1.29 bits per heavy atom. The van der Waals surface area contributed by atoms with Crippen molar-refractivity contribution in [3.05, 3.63) is 71.8 Å². The molecule has 4 nitrogen and oxygen atoms in total. The van der Waals surface area contributed by atoms with Crippen LogP contribution in [-0.4, -0.2) is 36.7 Å². The molecule has 0 aromatic heterocycles. The second-order valence-corrected chi connectivity index (χ2v) is 6.18. The Labute approximate surface area is 142 Å². The zero-order valence-corrected chi connectivity index (χ0v) is 13.6. The molecule has 4 heteroatoms. The normalized spacial score (nSPS) is 16.5. The van der Waals surface area contributed by atoms with Crippen LogP contribution in [0.5, 0.6) is 0 Å². The minimum atomic E-state index is -1.13. The van der Waals surface area contributed by atoms with E-state index in [0.717, 1.165) is 17.7 Å². The third kappa shape index (κ3) is 3.61. The van der Waals surface area contributed by atoms with Gasteiger partial charge in [-0.2, -0.15) is 0 Å². The summed E-state index contributed by atoms with van der Waals surface area (Å²) < 4.78 is 0. The first kappa shape index (κ1) is 16.6. The van der Waals surface area contributed by atoms with Crippen molar-refractivity contribution in [2.75, 3.05) is 19.6 Å². The number of hydrogen-bond acceptors (Lipinski definition) is 4. The van der Waals surface area contributed by atoms with Crippen molar-refractivity contribution in [1.82, 2.24) is 10.6 Å². The quantitative estimate of drug-likeness (QED) is 0.792. The Kier molecular flexibility index (Phi) is 5.18. The summed E-state index contributed by atoms with van der Waals surface area (Å²) in [6.45, 7) is 1.73. The van der Waals surface area contributed by atoms with Crippen molar-refractivity contribution in [1.29, 1.82) is 0 Å². The standard InChI is InChI=1S/C20H22N2O2/c23-18(13-16-7-3-1-4-8-16)20(15-21-11-12-22-20)19(24)14-17-9-5-2-6-10-17/h1-10,21-22H,11-15H2. The summed E-state index contributed by atoms with van der Waals surface area (Å²) in [5.41, 5.74) is 0.729. The first-order valence-electron chi connectivity index (χ1n) is 8.31. The Bertz CT molecular complexity index is 637. The Morgan fingerprint density at radius 3 is 1.71 bits per heavy atom. The molecule has 2 aromatic carbocycles. The number of piperazine rings is 1. The van der Waals surface area contributed by atoms with Crippen molar-refractivity contribution >= 4 is 11.6 Å². The number of benzene rings is 2. The first-order chi connectivity index (χ1) is 11.7. The summed E-state index contributed by atoms with van der Waals surface area (Å²) in [5, 5.41) is 6.42. The van der Waals surface area contributed by atoms with E-state index < -0.39 is 5.54 Å². The molecule has 1 aliphatic rings. The van der Waals surface area contributed by atoms with Gasteiger partial charge in [-0.05, 0) is 11.1 Å².